The molecule has 1 saturated heterocycles. The molecule has 1 aromatic carbocycles. The van der Waals surface area contributed by atoms with Crippen molar-refractivity contribution >= 4 is 21.8 Å². The summed E-state index contributed by atoms with van der Waals surface area (Å²) in [5.41, 5.74) is 6.89. The van der Waals surface area contributed by atoms with Crippen molar-refractivity contribution in [3.05, 3.63) is 28.2 Å². The van der Waals surface area contributed by atoms with E-state index in [-0.39, 0.29) is 11.9 Å². The summed E-state index contributed by atoms with van der Waals surface area (Å²) in [6, 6.07) is 5.56. The van der Waals surface area contributed by atoms with Gasteiger partial charge in [-0.05, 0) is 51.3 Å². The fraction of sp³-hybridized carbons (Fsp3) is 0.562. The first-order valence-electron chi connectivity index (χ1n) is 7.49. The molecule has 0 radical (unpaired) electrons. The van der Waals surface area contributed by atoms with Crippen molar-refractivity contribution in [2.75, 3.05) is 13.1 Å². The second kappa shape index (κ2) is 7.27. The van der Waals surface area contributed by atoms with Crippen LogP contribution in [0, 0.1) is 0 Å². The van der Waals surface area contributed by atoms with Crippen LogP contribution < -0.4 is 10.5 Å². The minimum Gasteiger partial charge on any atom is -0.481 e. The third-order valence-electron chi connectivity index (χ3n) is 3.78. The van der Waals surface area contributed by atoms with Crippen LogP contribution in [0.15, 0.2) is 22.7 Å². The first-order valence-corrected chi connectivity index (χ1v) is 8.29. The molecule has 0 saturated carbocycles. The number of carbonyl (C=O) groups excluding carboxylic acids is 1. The standard InChI is InChI=1S/C16H23BrN2O2/c1-11(18)14-10-13(17)6-7-15(14)21-12(2)16(20)19-8-4-3-5-9-19/h6-7,10-12H,3-5,8-9,18H2,1-2H3. The Hall–Kier alpha value is -1.07. The smallest absolute Gasteiger partial charge is 0.263 e. The minimum absolute atomic E-state index is 0.0632. The number of nitrogens with zero attached hydrogens (tertiary/aromatic N) is 1. The number of piperidine rings is 1. The summed E-state index contributed by atoms with van der Waals surface area (Å²) < 4.78 is 6.84. The largest absolute Gasteiger partial charge is 0.481 e. The summed E-state index contributed by atoms with van der Waals surface area (Å²) in [4.78, 5) is 14.3. The zero-order chi connectivity index (χ0) is 15.4. The van der Waals surface area contributed by atoms with Crippen LogP contribution in [-0.2, 0) is 4.79 Å². The highest BCUT2D eigenvalue weighted by atomic mass is 79.9. The van der Waals surface area contributed by atoms with E-state index in [2.05, 4.69) is 15.9 Å². The molecule has 0 aliphatic carbocycles. The number of carbonyl (C=O) groups is 1. The van der Waals surface area contributed by atoms with Crippen LogP contribution in [0.5, 0.6) is 5.75 Å². The number of hydrogen-bond donors (Lipinski definition) is 1. The number of likely N-dealkylation sites (tertiary alicyclic amines) is 1. The van der Waals surface area contributed by atoms with E-state index in [1.165, 1.54) is 6.42 Å². The fourth-order valence-electron chi connectivity index (χ4n) is 2.59. The quantitative estimate of drug-likeness (QED) is 0.902. The Balaban J connectivity index is 2.08. The van der Waals surface area contributed by atoms with E-state index in [4.69, 9.17) is 10.5 Å². The summed E-state index contributed by atoms with van der Waals surface area (Å²) in [5.74, 6) is 0.749. The van der Waals surface area contributed by atoms with Crippen molar-refractivity contribution in [1.29, 1.82) is 0 Å². The molecule has 0 bridgehead atoms. The molecule has 0 aromatic heterocycles. The molecule has 5 heteroatoms. The zero-order valence-corrected chi connectivity index (χ0v) is 14.2. The molecule has 4 nitrogen and oxygen atoms in total. The number of benzene rings is 1. The number of ether oxygens (including phenoxy) is 1. The number of hydrogen-bond acceptors (Lipinski definition) is 3. The monoisotopic (exact) mass is 354 g/mol. The van der Waals surface area contributed by atoms with Gasteiger partial charge >= 0.3 is 0 Å². The zero-order valence-electron chi connectivity index (χ0n) is 12.6. The molecule has 1 aromatic rings. The number of amides is 1. The van der Waals surface area contributed by atoms with Gasteiger partial charge in [0.15, 0.2) is 6.10 Å². The molecule has 2 atom stereocenters. The summed E-state index contributed by atoms with van der Waals surface area (Å²) >= 11 is 3.44. The summed E-state index contributed by atoms with van der Waals surface area (Å²) in [6.07, 6.45) is 2.89. The van der Waals surface area contributed by atoms with Crippen LogP contribution in [0.4, 0.5) is 0 Å². The molecule has 1 fully saturated rings. The molecule has 2 N–H and O–H groups in total. The second-order valence-electron chi connectivity index (χ2n) is 5.62. The lowest BCUT2D eigenvalue weighted by atomic mass is 10.1. The van der Waals surface area contributed by atoms with E-state index in [0.29, 0.717) is 5.75 Å². The van der Waals surface area contributed by atoms with Gasteiger partial charge in [-0.15, -0.1) is 0 Å². The lowest BCUT2D eigenvalue weighted by molar-refractivity contribution is -0.138. The molecule has 1 aliphatic rings. The van der Waals surface area contributed by atoms with E-state index in [1.807, 2.05) is 36.9 Å². The molecule has 21 heavy (non-hydrogen) atoms. The maximum atomic E-state index is 12.4. The van der Waals surface area contributed by atoms with Gasteiger partial charge in [-0.25, -0.2) is 0 Å². The molecule has 116 valence electrons. The van der Waals surface area contributed by atoms with E-state index in [9.17, 15) is 4.79 Å². The van der Waals surface area contributed by atoms with Crippen molar-refractivity contribution in [3.8, 4) is 5.75 Å². The normalized spacial score (nSPS) is 18.2. The SMILES string of the molecule is CC(Oc1ccc(Br)cc1C(C)N)C(=O)N1CCCCC1. The van der Waals surface area contributed by atoms with Crippen LogP contribution in [0.2, 0.25) is 0 Å². The predicted molar refractivity (Wildman–Crippen MR) is 87.3 cm³/mol. The topological polar surface area (TPSA) is 55.6 Å². The summed E-state index contributed by atoms with van der Waals surface area (Å²) in [5, 5.41) is 0. The Morgan fingerprint density at radius 2 is 1.95 bits per heavy atom. The number of rotatable bonds is 4. The Morgan fingerprint density at radius 3 is 2.57 bits per heavy atom. The van der Waals surface area contributed by atoms with E-state index < -0.39 is 6.10 Å². The summed E-state index contributed by atoms with van der Waals surface area (Å²) in [6.45, 7) is 5.40. The van der Waals surface area contributed by atoms with E-state index >= 15 is 0 Å². The van der Waals surface area contributed by atoms with Crippen LogP contribution in [-0.4, -0.2) is 30.0 Å². The molecular formula is C16H23BrN2O2. The minimum atomic E-state index is -0.484. The van der Waals surface area contributed by atoms with Gasteiger partial charge in [-0.2, -0.15) is 0 Å². The highest BCUT2D eigenvalue weighted by Crippen LogP contribution is 2.28. The van der Waals surface area contributed by atoms with Crippen molar-refractivity contribution in [2.24, 2.45) is 5.73 Å². The van der Waals surface area contributed by atoms with Crippen LogP contribution in [0.3, 0.4) is 0 Å². The van der Waals surface area contributed by atoms with Crippen LogP contribution in [0.25, 0.3) is 0 Å². The van der Waals surface area contributed by atoms with Gasteiger partial charge in [-0.1, -0.05) is 15.9 Å². The van der Waals surface area contributed by atoms with Gasteiger partial charge in [0, 0.05) is 29.2 Å². The third-order valence-corrected chi connectivity index (χ3v) is 4.27. The molecular weight excluding hydrogens is 332 g/mol. The lowest BCUT2D eigenvalue weighted by Crippen LogP contribution is -2.43. The Kier molecular flexibility index (Phi) is 5.65. The Morgan fingerprint density at radius 1 is 1.29 bits per heavy atom. The van der Waals surface area contributed by atoms with Gasteiger partial charge in [-0.3, -0.25) is 4.79 Å². The van der Waals surface area contributed by atoms with Crippen molar-refractivity contribution in [2.45, 2.75) is 45.3 Å². The highest BCUT2D eigenvalue weighted by Gasteiger charge is 2.24. The number of nitrogens with two attached hydrogens (primary N) is 1. The molecule has 1 amide bonds. The van der Waals surface area contributed by atoms with Crippen LogP contribution in [0.1, 0.15) is 44.7 Å². The van der Waals surface area contributed by atoms with Gasteiger partial charge in [0.05, 0.1) is 0 Å². The van der Waals surface area contributed by atoms with Crippen molar-refractivity contribution in [3.63, 3.8) is 0 Å². The molecule has 2 rings (SSSR count). The number of halogens is 1. The van der Waals surface area contributed by atoms with E-state index in [0.717, 1.165) is 36.0 Å². The van der Waals surface area contributed by atoms with Gasteiger partial charge in [0.1, 0.15) is 5.75 Å². The fourth-order valence-corrected chi connectivity index (χ4v) is 2.97. The molecule has 2 unspecified atom stereocenters. The Bertz CT molecular complexity index is 499. The van der Waals surface area contributed by atoms with Gasteiger partial charge < -0.3 is 15.4 Å². The molecule has 0 spiro atoms. The van der Waals surface area contributed by atoms with E-state index in [1.54, 1.807) is 0 Å². The Labute approximate surface area is 134 Å². The van der Waals surface area contributed by atoms with Crippen LogP contribution >= 0.6 is 15.9 Å². The maximum absolute atomic E-state index is 12.4. The van der Waals surface area contributed by atoms with Crippen molar-refractivity contribution in [1.82, 2.24) is 4.90 Å². The molecule has 1 heterocycles. The first-order chi connectivity index (χ1) is 9.99. The highest BCUT2D eigenvalue weighted by molar-refractivity contribution is 9.10. The third kappa shape index (κ3) is 4.20. The van der Waals surface area contributed by atoms with Crippen molar-refractivity contribution < 1.29 is 9.53 Å². The van der Waals surface area contributed by atoms with Gasteiger partial charge in [0.25, 0.3) is 5.91 Å². The lowest BCUT2D eigenvalue weighted by Gasteiger charge is -2.29. The van der Waals surface area contributed by atoms with Gasteiger partial charge in [0.2, 0.25) is 0 Å². The second-order valence-corrected chi connectivity index (χ2v) is 6.53. The first kappa shape index (κ1) is 16.3. The summed E-state index contributed by atoms with van der Waals surface area (Å²) in [7, 11) is 0. The maximum Gasteiger partial charge on any atom is 0.263 e. The molecule has 1 aliphatic heterocycles. The average molecular weight is 355 g/mol. The average Bonchev–Trinajstić information content (AvgIpc) is 2.49. The predicted octanol–water partition coefficient (Wildman–Crippen LogP) is 3.25.